The van der Waals surface area contributed by atoms with Gasteiger partial charge in [0.05, 0.1) is 11.6 Å². The summed E-state index contributed by atoms with van der Waals surface area (Å²) < 4.78 is 0. The van der Waals surface area contributed by atoms with Crippen LogP contribution in [0.25, 0.3) is 16.7 Å². The number of aryl methyl sites for hydroxylation is 2. The van der Waals surface area contributed by atoms with Crippen molar-refractivity contribution in [1.82, 2.24) is 9.88 Å². The van der Waals surface area contributed by atoms with Gasteiger partial charge in [-0.25, -0.2) is 0 Å². The summed E-state index contributed by atoms with van der Waals surface area (Å²) in [5.41, 5.74) is 5.12. The molecule has 2 aliphatic rings. The largest absolute Gasteiger partial charge is 0.507 e. The molecule has 2 aromatic carbocycles. The average molecular weight is 429 g/mol. The van der Waals surface area contributed by atoms with Crippen molar-refractivity contribution in [3.05, 3.63) is 76.5 Å². The van der Waals surface area contributed by atoms with Gasteiger partial charge in [0.15, 0.2) is 0 Å². The molecule has 2 heterocycles. The number of carbonyl (C=O) groups excluding carboxylic acids is 2. The van der Waals surface area contributed by atoms with Crippen LogP contribution in [0.5, 0.6) is 0 Å². The number of nitrogens with one attached hydrogen (secondary N) is 1. The molecule has 0 saturated carbocycles. The van der Waals surface area contributed by atoms with E-state index in [1.807, 2.05) is 42.6 Å². The molecule has 1 unspecified atom stereocenters. The number of unbranched alkanes of at least 4 members (excludes halogenated alkanes) is 1. The number of aromatic amines is 1. The van der Waals surface area contributed by atoms with E-state index < -0.39 is 17.7 Å². The maximum absolute atomic E-state index is 13.2. The van der Waals surface area contributed by atoms with Crippen LogP contribution >= 0.6 is 0 Å². The number of para-hydroxylation sites is 1. The second-order valence-electron chi connectivity index (χ2n) is 8.83. The van der Waals surface area contributed by atoms with Gasteiger partial charge in [-0.2, -0.15) is 0 Å². The molecule has 5 nitrogen and oxygen atoms in total. The fourth-order valence-corrected chi connectivity index (χ4v) is 5.12. The van der Waals surface area contributed by atoms with E-state index in [2.05, 4.69) is 18.0 Å². The highest BCUT2D eigenvalue weighted by Crippen LogP contribution is 2.42. The topological polar surface area (TPSA) is 73.4 Å². The molecular weight excluding hydrogens is 400 g/mol. The highest BCUT2D eigenvalue weighted by Gasteiger charge is 2.46. The van der Waals surface area contributed by atoms with Crippen LogP contribution < -0.4 is 0 Å². The maximum Gasteiger partial charge on any atom is 0.295 e. The van der Waals surface area contributed by atoms with Crippen LogP contribution in [0, 0.1) is 0 Å². The smallest absolute Gasteiger partial charge is 0.295 e. The predicted octanol–water partition coefficient (Wildman–Crippen LogP) is 5.27. The van der Waals surface area contributed by atoms with Gasteiger partial charge in [0.1, 0.15) is 5.76 Å². The monoisotopic (exact) mass is 428 g/mol. The molecule has 1 aliphatic heterocycles. The number of hydrogen-bond donors (Lipinski definition) is 2. The molecular formula is C27H28N2O3. The molecule has 5 heteroatoms. The predicted molar refractivity (Wildman–Crippen MR) is 125 cm³/mol. The number of amides is 1. The van der Waals surface area contributed by atoms with Gasteiger partial charge in [-0.15, -0.1) is 0 Å². The minimum atomic E-state index is -0.605. The molecule has 0 bridgehead atoms. The summed E-state index contributed by atoms with van der Waals surface area (Å²) in [5.74, 6) is -1.22. The average Bonchev–Trinajstić information content (AvgIpc) is 3.35. The van der Waals surface area contributed by atoms with E-state index in [9.17, 15) is 14.7 Å². The summed E-state index contributed by atoms with van der Waals surface area (Å²) >= 11 is 0. The summed E-state index contributed by atoms with van der Waals surface area (Å²) in [6, 6.07) is 13.2. The third-order valence-electron chi connectivity index (χ3n) is 6.83. The minimum Gasteiger partial charge on any atom is -0.507 e. The standard InChI is InChI=1S/C27H28N2O3/c1-2-3-14-29-24(21-16-28-22-11-7-6-10-20(21)22)23(26(31)27(29)32)25(30)19-13-12-17-8-4-5-9-18(17)15-19/h6-7,10-13,15-16,24,28,30H,2-5,8-9,14H2,1H3/b25-23+. The van der Waals surface area contributed by atoms with Gasteiger partial charge < -0.3 is 15.0 Å². The Kier molecular flexibility index (Phi) is 5.33. The highest BCUT2D eigenvalue weighted by molar-refractivity contribution is 6.46. The van der Waals surface area contributed by atoms with Crippen LogP contribution in [0.4, 0.5) is 0 Å². The summed E-state index contributed by atoms with van der Waals surface area (Å²) in [6.45, 7) is 2.54. The molecule has 2 N–H and O–H groups in total. The molecule has 0 radical (unpaired) electrons. The van der Waals surface area contributed by atoms with Crippen LogP contribution in [0.3, 0.4) is 0 Å². The zero-order chi connectivity index (χ0) is 22.2. The van der Waals surface area contributed by atoms with Crippen LogP contribution in [0.2, 0.25) is 0 Å². The van der Waals surface area contributed by atoms with Crippen molar-refractivity contribution in [3.8, 4) is 0 Å². The highest BCUT2D eigenvalue weighted by atomic mass is 16.3. The number of aliphatic hydroxyl groups excluding tert-OH is 1. The van der Waals surface area contributed by atoms with Crippen LogP contribution in [-0.4, -0.2) is 33.2 Å². The first-order chi connectivity index (χ1) is 15.6. The molecule has 32 heavy (non-hydrogen) atoms. The molecule has 0 spiro atoms. The number of H-pyrrole nitrogens is 1. The number of benzene rings is 2. The van der Waals surface area contributed by atoms with Crippen molar-refractivity contribution in [1.29, 1.82) is 0 Å². The lowest BCUT2D eigenvalue weighted by Gasteiger charge is -2.25. The van der Waals surface area contributed by atoms with E-state index in [1.54, 1.807) is 4.90 Å². The zero-order valence-electron chi connectivity index (χ0n) is 18.4. The molecule has 1 amide bonds. The van der Waals surface area contributed by atoms with Crippen LogP contribution in [0.1, 0.15) is 60.9 Å². The molecule has 1 aromatic heterocycles. The number of carbonyl (C=O) groups is 2. The van der Waals surface area contributed by atoms with Crippen molar-refractivity contribution in [2.75, 3.05) is 6.54 Å². The van der Waals surface area contributed by atoms with Gasteiger partial charge >= 0.3 is 0 Å². The molecule has 3 aromatic rings. The number of aliphatic hydroxyl groups is 1. The lowest BCUT2D eigenvalue weighted by atomic mass is 9.88. The fraction of sp³-hybridized carbons (Fsp3) is 0.333. The molecule has 164 valence electrons. The lowest BCUT2D eigenvalue weighted by molar-refractivity contribution is -0.139. The maximum atomic E-state index is 13.2. The number of Topliss-reactive ketones (excluding diaryl/α,β-unsaturated/α-hetero) is 1. The quantitative estimate of drug-likeness (QED) is 0.330. The summed E-state index contributed by atoms with van der Waals surface area (Å²) in [6.07, 6.45) is 7.91. The van der Waals surface area contributed by atoms with E-state index in [4.69, 9.17) is 0 Å². The lowest BCUT2D eigenvalue weighted by Crippen LogP contribution is -2.30. The Balaban J connectivity index is 1.67. The van der Waals surface area contributed by atoms with E-state index in [0.29, 0.717) is 12.1 Å². The van der Waals surface area contributed by atoms with E-state index in [-0.39, 0.29) is 11.3 Å². The third kappa shape index (κ3) is 3.32. The van der Waals surface area contributed by atoms with Gasteiger partial charge in [-0.3, -0.25) is 9.59 Å². The molecule has 5 rings (SSSR count). The Labute approximate surface area is 187 Å². The fourth-order valence-electron chi connectivity index (χ4n) is 5.12. The Bertz CT molecular complexity index is 1240. The summed E-state index contributed by atoms with van der Waals surface area (Å²) in [7, 11) is 0. The number of hydrogen-bond acceptors (Lipinski definition) is 3. The SMILES string of the molecule is CCCCN1C(=O)C(=O)/C(=C(/O)c2ccc3c(c2)CCCC3)C1c1c[nH]c2ccccc12. The van der Waals surface area contributed by atoms with E-state index in [0.717, 1.165) is 48.6 Å². The van der Waals surface area contributed by atoms with Crippen molar-refractivity contribution in [2.45, 2.75) is 51.5 Å². The van der Waals surface area contributed by atoms with Gasteiger partial charge in [0, 0.05) is 34.8 Å². The second-order valence-corrected chi connectivity index (χ2v) is 8.83. The number of nitrogens with zero attached hydrogens (tertiary/aromatic N) is 1. The molecule has 1 atom stereocenters. The van der Waals surface area contributed by atoms with Crippen molar-refractivity contribution in [3.63, 3.8) is 0 Å². The number of likely N-dealkylation sites (tertiary alicyclic amines) is 1. The van der Waals surface area contributed by atoms with Gasteiger partial charge in [-0.1, -0.05) is 43.7 Å². The summed E-state index contributed by atoms with van der Waals surface area (Å²) in [5, 5.41) is 12.3. The number of ketones is 1. The summed E-state index contributed by atoms with van der Waals surface area (Å²) in [4.78, 5) is 31.1. The zero-order valence-corrected chi connectivity index (χ0v) is 18.4. The van der Waals surface area contributed by atoms with Crippen molar-refractivity contribution >= 4 is 28.4 Å². The number of rotatable bonds is 5. The Hall–Kier alpha value is -3.34. The Morgan fingerprint density at radius 1 is 1.09 bits per heavy atom. The van der Waals surface area contributed by atoms with Gasteiger partial charge in [0.25, 0.3) is 11.7 Å². The molecule has 1 saturated heterocycles. The molecule has 1 aliphatic carbocycles. The van der Waals surface area contributed by atoms with Crippen LogP contribution in [-0.2, 0) is 22.4 Å². The van der Waals surface area contributed by atoms with Crippen molar-refractivity contribution < 1.29 is 14.7 Å². The van der Waals surface area contributed by atoms with Crippen LogP contribution in [0.15, 0.2) is 54.2 Å². The van der Waals surface area contributed by atoms with Gasteiger partial charge in [0.2, 0.25) is 0 Å². The van der Waals surface area contributed by atoms with Crippen molar-refractivity contribution in [2.24, 2.45) is 0 Å². The third-order valence-corrected chi connectivity index (χ3v) is 6.83. The van der Waals surface area contributed by atoms with Gasteiger partial charge in [-0.05, 0) is 55.4 Å². The second kappa shape index (κ2) is 8.30. The normalized spacial score (nSPS) is 20.2. The number of aromatic nitrogens is 1. The minimum absolute atomic E-state index is 0.0778. The molecule has 1 fully saturated rings. The van der Waals surface area contributed by atoms with E-state index in [1.165, 1.54) is 17.5 Å². The Morgan fingerprint density at radius 2 is 1.88 bits per heavy atom. The first-order valence-corrected chi connectivity index (χ1v) is 11.6. The van der Waals surface area contributed by atoms with E-state index >= 15 is 0 Å². The number of fused-ring (bicyclic) bond motifs is 2. The Morgan fingerprint density at radius 3 is 2.69 bits per heavy atom. The first kappa shape index (κ1) is 20.6. The first-order valence-electron chi connectivity index (χ1n) is 11.6.